The molecule has 0 aliphatic rings. The molecular formula is C14H20ClN5O3. The van der Waals surface area contributed by atoms with Gasteiger partial charge < -0.3 is 10.3 Å². The number of aromatic nitrogens is 4. The summed E-state index contributed by atoms with van der Waals surface area (Å²) in [4.78, 5) is 43.1. The lowest BCUT2D eigenvalue weighted by molar-refractivity contribution is -0.120. The Balaban J connectivity index is 2.45. The summed E-state index contributed by atoms with van der Waals surface area (Å²) in [6, 6.07) is 0. The quantitative estimate of drug-likeness (QED) is 0.729. The van der Waals surface area contributed by atoms with E-state index in [9.17, 15) is 14.4 Å². The molecule has 0 atom stereocenters. The number of hydrogen-bond acceptors (Lipinski definition) is 4. The summed E-state index contributed by atoms with van der Waals surface area (Å²) in [7, 11) is 1.55. The number of hydrogen-bond donors (Lipinski definition) is 2. The number of carbonyl (C=O) groups is 1. The van der Waals surface area contributed by atoms with Gasteiger partial charge in [0.1, 0.15) is 0 Å². The minimum absolute atomic E-state index is 0.0739. The van der Waals surface area contributed by atoms with Crippen LogP contribution < -0.4 is 16.6 Å². The maximum atomic E-state index is 12.6. The van der Waals surface area contributed by atoms with Gasteiger partial charge in [-0.2, -0.15) is 4.98 Å². The summed E-state index contributed by atoms with van der Waals surface area (Å²) in [5, 5.41) is 2.58. The predicted octanol–water partition coefficient (Wildman–Crippen LogP) is 0.866. The number of amides is 1. The molecular weight excluding hydrogens is 322 g/mol. The Morgan fingerprint density at radius 1 is 1.26 bits per heavy atom. The smallest absolute Gasteiger partial charge is 0.332 e. The van der Waals surface area contributed by atoms with Gasteiger partial charge in [0.15, 0.2) is 11.2 Å². The molecule has 0 saturated carbocycles. The minimum atomic E-state index is -0.464. The van der Waals surface area contributed by atoms with Gasteiger partial charge in [0.05, 0.1) is 0 Å². The first-order chi connectivity index (χ1) is 11.0. The lowest BCUT2D eigenvalue weighted by Gasteiger charge is -2.10. The van der Waals surface area contributed by atoms with Crippen molar-refractivity contribution in [3.8, 4) is 0 Å². The highest BCUT2D eigenvalue weighted by Crippen LogP contribution is 2.10. The highest BCUT2D eigenvalue weighted by atomic mass is 35.5. The molecule has 23 heavy (non-hydrogen) atoms. The first-order valence-corrected chi connectivity index (χ1v) is 7.96. The standard InChI is InChI=1S/C14H20ClN5O3/c1-3-4-7-19-11-10(17-13(15)18-11)12(22)20(14(19)23)8-5-6-9(21)16-2/h3-8H2,1-2H3,(H,16,21)(H,17,18). The van der Waals surface area contributed by atoms with E-state index in [0.717, 1.165) is 17.4 Å². The van der Waals surface area contributed by atoms with E-state index in [1.54, 1.807) is 7.05 Å². The number of aryl methyl sites for hydroxylation is 1. The summed E-state index contributed by atoms with van der Waals surface area (Å²) >= 11 is 5.85. The SMILES string of the molecule is CCCCn1c(=O)n(CCCC(=O)NC)c(=O)c2[nH]c(Cl)nc21. The molecule has 8 nitrogen and oxygen atoms in total. The lowest BCUT2D eigenvalue weighted by Crippen LogP contribution is -2.40. The molecule has 0 radical (unpaired) electrons. The molecule has 2 rings (SSSR count). The maximum absolute atomic E-state index is 12.6. The molecule has 2 N–H and O–H groups in total. The molecule has 0 aliphatic heterocycles. The van der Waals surface area contributed by atoms with E-state index in [-0.39, 0.29) is 35.3 Å². The first-order valence-electron chi connectivity index (χ1n) is 7.59. The van der Waals surface area contributed by atoms with E-state index in [1.165, 1.54) is 4.57 Å². The summed E-state index contributed by atoms with van der Waals surface area (Å²) in [6.45, 7) is 2.64. The van der Waals surface area contributed by atoms with Gasteiger partial charge in [0.25, 0.3) is 5.56 Å². The molecule has 0 saturated heterocycles. The Bertz CT molecular complexity index is 820. The fraction of sp³-hybridized carbons (Fsp3) is 0.571. The van der Waals surface area contributed by atoms with Crippen LogP contribution in [0.15, 0.2) is 9.59 Å². The second-order valence-corrected chi connectivity index (χ2v) is 5.61. The fourth-order valence-corrected chi connectivity index (χ4v) is 2.55. The van der Waals surface area contributed by atoms with E-state index in [4.69, 9.17) is 11.6 Å². The molecule has 0 aromatic carbocycles. The highest BCUT2D eigenvalue weighted by Gasteiger charge is 2.16. The van der Waals surface area contributed by atoms with Crippen molar-refractivity contribution in [2.75, 3.05) is 7.05 Å². The zero-order valence-corrected chi connectivity index (χ0v) is 13.9. The summed E-state index contributed by atoms with van der Waals surface area (Å²) in [5.74, 6) is -0.130. The summed E-state index contributed by atoms with van der Waals surface area (Å²) < 4.78 is 2.60. The van der Waals surface area contributed by atoms with Gasteiger partial charge in [-0.05, 0) is 24.4 Å². The minimum Gasteiger partial charge on any atom is -0.359 e. The Morgan fingerprint density at radius 2 is 1.96 bits per heavy atom. The Hall–Kier alpha value is -2.09. The average molecular weight is 342 g/mol. The van der Waals surface area contributed by atoms with Crippen molar-refractivity contribution in [2.45, 2.75) is 45.7 Å². The lowest BCUT2D eigenvalue weighted by atomic mass is 10.3. The number of nitrogens with zero attached hydrogens (tertiary/aromatic N) is 3. The van der Waals surface area contributed by atoms with Crippen LogP contribution in [0.4, 0.5) is 0 Å². The molecule has 2 heterocycles. The number of halogens is 1. The van der Waals surface area contributed by atoms with E-state index in [2.05, 4.69) is 15.3 Å². The Kier molecular flexibility index (Phi) is 5.59. The van der Waals surface area contributed by atoms with Crippen LogP contribution in [-0.2, 0) is 17.9 Å². The van der Waals surface area contributed by atoms with Crippen LogP contribution in [0.1, 0.15) is 32.6 Å². The van der Waals surface area contributed by atoms with E-state index in [1.807, 2.05) is 6.92 Å². The van der Waals surface area contributed by atoms with Crippen LogP contribution in [0, 0.1) is 0 Å². The van der Waals surface area contributed by atoms with Crippen molar-refractivity contribution in [3.05, 3.63) is 26.1 Å². The van der Waals surface area contributed by atoms with Gasteiger partial charge in [0, 0.05) is 26.6 Å². The Morgan fingerprint density at radius 3 is 2.61 bits per heavy atom. The van der Waals surface area contributed by atoms with Crippen LogP contribution in [0.5, 0.6) is 0 Å². The van der Waals surface area contributed by atoms with Gasteiger partial charge >= 0.3 is 5.69 Å². The third-order valence-corrected chi connectivity index (χ3v) is 3.81. The number of imidazole rings is 1. The Labute approximate surface area is 137 Å². The van der Waals surface area contributed by atoms with E-state index < -0.39 is 11.2 Å². The molecule has 0 spiro atoms. The maximum Gasteiger partial charge on any atom is 0.332 e. The third-order valence-electron chi connectivity index (χ3n) is 3.63. The zero-order chi connectivity index (χ0) is 17.0. The highest BCUT2D eigenvalue weighted by molar-refractivity contribution is 6.28. The molecule has 0 fully saturated rings. The van der Waals surface area contributed by atoms with E-state index >= 15 is 0 Å². The first kappa shape index (κ1) is 17.3. The number of rotatable bonds is 7. The third kappa shape index (κ3) is 3.64. The van der Waals surface area contributed by atoms with Crippen molar-refractivity contribution < 1.29 is 4.79 Å². The van der Waals surface area contributed by atoms with Crippen LogP contribution in [0.25, 0.3) is 11.2 Å². The van der Waals surface area contributed by atoms with Gasteiger partial charge in [-0.15, -0.1) is 0 Å². The monoisotopic (exact) mass is 341 g/mol. The van der Waals surface area contributed by atoms with Gasteiger partial charge in [-0.1, -0.05) is 13.3 Å². The van der Waals surface area contributed by atoms with E-state index in [0.29, 0.717) is 13.0 Å². The number of unbranched alkanes of at least 4 members (excludes halogenated alkanes) is 1. The zero-order valence-electron chi connectivity index (χ0n) is 13.2. The number of H-pyrrole nitrogens is 1. The second-order valence-electron chi connectivity index (χ2n) is 5.25. The molecule has 0 aliphatic carbocycles. The second kappa shape index (κ2) is 7.45. The summed E-state index contributed by atoms with van der Waals surface area (Å²) in [6.07, 6.45) is 2.34. The van der Waals surface area contributed by atoms with Crippen LogP contribution >= 0.6 is 11.6 Å². The molecule has 0 bridgehead atoms. The van der Waals surface area contributed by atoms with Crippen molar-refractivity contribution in [2.24, 2.45) is 0 Å². The molecule has 126 valence electrons. The topological polar surface area (TPSA) is 102 Å². The van der Waals surface area contributed by atoms with Gasteiger partial charge in [-0.25, -0.2) is 4.79 Å². The normalized spacial score (nSPS) is 11.1. The molecule has 9 heteroatoms. The van der Waals surface area contributed by atoms with Crippen LogP contribution in [0.2, 0.25) is 5.28 Å². The van der Waals surface area contributed by atoms with Crippen molar-refractivity contribution in [3.63, 3.8) is 0 Å². The summed E-state index contributed by atoms with van der Waals surface area (Å²) in [5.41, 5.74) is -0.392. The number of aromatic amines is 1. The molecule has 2 aromatic heterocycles. The van der Waals surface area contributed by atoms with Gasteiger partial charge in [0.2, 0.25) is 11.2 Å². The fourth-order valence-electron chi connectivity index (χ4n) is 2.38. The largest absolute Gasteiger partial charge is 0.359 e. The van der Waals surface area contributed by atoms with Gasteiger partial charge in [-0.3, -0.25) is 18.7 Å². The van der Waals surface area contributed by atoms with Crippen LogP contribution in [-0.4, -0.2) is 32.1 Å². The van der Waals surface area contributed by atoms with Crippen molar-refractivity contribution in [1.82, 2.24) is 24.4 Å². The average Bonchev–Trinajstić information content (AvgIpc) is 2.92. The molecule has 0 unspecified atom stereocenters. The van der Waals surface area contributed by atoms with Crippen molar-refractivity contribution in [1.29, 1.82) is 0 Å². The number of carbonyl (C=O) groups excluding carboxylic acids is 1. The number of fused-ring (bicyclic) bond motifs is 1. The van der Waals surface area contributed by atoms with Crippen molar-refractivity contribution >= 4 is 28.7 Å². The predicted molar refractivity (Wildman–Crippen MR) is 87.8 cm³/mol. The van der Waals surface area contributed by atoms with Crippen LogP contribution in [0.3, 0.4) is 0 Å². The number of nitrogens with one attached hydrogen (secondary N) is 2. The molecule has 1 amide bonds. The molecule has 2 aromatic rings.